The molecule has 1 rings (SSSR count). The molecule has 1 saturated heterocycles. The van der Waals surface area contributed by atoms with Gasteiger partial charge in [0.15, 0.2) is 10.1 Å². The van der Waals surface area contributed by atoms with Gasteiger partial charge in [0.2, 0.25) is 0 Å². The van der Waals surface area contributed by atoms with Crippen molar-refractivity contribution in [2.45, 2.75) is 5.51 Å². The van der Waals surface area contributed by atoms with Gasteiger partial charge >= 0.3 is 24.4 Å². The van der Waals surface area contributed by atoms with E-state index in [4.69, 9.17) is 13.0 Å². The third-order valence-electron chi connectivity index (χ3n) is 0.488. The Kier molecular flexibility index (Phi) is 6.26. The van der Waals surface area contributed by atoms with Crippen molar-refractivity contribution in [1.82, 2.24) is 0 Å². The molecule has 1 fully saturated rings. The first-order valence-corrected chi connectivity index (χ1v) is 3.76. The molecule has 0 aromatic rings. The van der Waals surface area contributed by atoms with Gasteiger partial charge in [0.25, 0.3) is 0 Å². The molecule has 0 aliphatic carbocycles. The summed E-state index contributed by atoms with van der Waals surface area (Å²) < 4.78 is 63.4. The second-order valence-corrected chi connectivity index (χ2v) is 2.88. The Morgan fingerprint density at radius 1 is 1.25 bits per heavy atom. The summed E-state index contributed by atoms with van der Waals surface area (Å²) in [6.07, 6.45) is 0. The fraction of sp³-hybridized carbons (Fsp3) is 1.00. The number of halogens is 3. The Balaban J connectivity index is 0. The van der Waals surface area contributed by atoms with Crippen LogP contribution in [-0.2, 0) is 14.9 Å². The van der Waals surface area contributed by atoms with Crippen LogP contribution in [0.2, 0.25) is 0 Å². The predicted molar refractivity (Wildman–Crippen MR) is 26.6 cm³/mol. The molecule has 1 aliphatic rings. The molecule has 1 aliphatic heterocycles. The van der Waals surface area contributed by atoms with Crippen LogP contribution in [0, 0.1) is 0 Å². The molecule has 9 heteroatoms. The van der Waals surface area contributed by atoms with Crippen molar-refractivity contribution >= 4 is 10.1 Å². The molecule has 0 radical (unpaired) electrons. The normalized spacial score (nSPS) is 15.3. The maximum absolute atomic E-state index is 10.7. The third kappa shape index (κ3) is 8.35. The van der Waals surface area contributed by atoms with E-state index in [1.807, 2.05) is 0 Å². The summed E-state index contributed by atoms with van der Waals surface area (Å²) in [5, 5.41) is 0. The van der Waals surface area contributed by atoms with Crippen LogP contribution in [0.15, 0.2) is 0 Å². The van der Waals surface area contributed by atoms with Crippen LogP contribution < -0.4 is 18.9 Å². The standard InChI is InChI=1S/C2H4O.CHF3O3S.Li/c1-2-3-1;2-1(3,4)8(5,6)7;/h1-2H2;(H,5,6,7);/q;;+1/p-1. The Morgan fingerprint density at radius 2 is 1.42 bits per heavy atom. The van der Waals surface area contributed by atoms with Crippen molar-refractivity contribution in [3.05, 3.63) is 0 Å². The SMILES string of the molecule is C1CO1.O=S(=O)([O-])C(F)(F)F.[Li+]. The third-order valence-corrected chi connectivity index (χ3v) is 1.05. The Morgan fingerprint density at radius 3 is 1.42 bits per heavy atom. The summed E-state index contributed by atoms with van der Waals surface area (Å²) in [6, 6.07) is 0. The second kappa shape index (κ2) is 5.09. The number of ether oxygens (including phenoxy) is 1. The molecule has 0 aromatic carbocycles. The Labute approximate surface area is 79.0 Å². The zero-order valence-corrected chi connectivity index (χ0v) is 6.91. The number of hydrogen-bond donors (Lipinski definition) is 0. The maximum atomic E-state index is 10.7. The van der Waals surface area contributed by atoms with Gasteiger partial charge in [-0.05, 0) is 0 Å². The van der Waals surface area contributed by atoms with Gasteiger partial charge < -0.3 is 9.29 Å². The predicted octanol–water partition coefficient (Wildman–Crippen LogP) is -2.93. The smallest absolute Gasteiger partial charge is 0.741 e. The molecule has 0 atom stereocenters. The summed E-state index contributed by atoms with van der Waals surface area (Å²) in [4.78, 5) is 0. The van der Waals surface area contributed by atoms with Crippen LogP contribution in [-0.4, -0.2) is 31.7 Å². The molecule has 0 unspecified atom stereocenters. The molecular weight excluding hydrogens is 196 g/mol. The van der Waals surface area contributed by atoms with Gasteiger partial charge in [0, 0.05) is 0 Å². The van der Waals surface area contributed by atoms with Crippen molar-refractivity contribution in [1.29, 1.82) is 0 Å². The van der Waals surface area contributed by atoms with E-state index >= 15 is 0 Å². The first-order chi connectivity index (χ1) is 4.75. The van der Waals surface area contributed by atoms with Crippen LogP contribution in [0.1, 0.15) is 0 Å². The van der Waals surface area contributed by atoms with Gasteiger partial charge in [-0.1, -0.05) is 0 Å². The average Bonchev–Trinajstić information content (AvgIpc) is 2.37. The van der Waals surface area contributed by atoms with Gasteiger partial charge in [-0.15, -0.1) is 0 Å². The number of alkyl halides is 3. The zero-order valence-electron chi connectivity index (χ0n) is 6.09. The van der Waals surface area contributed by atoms with Crippen molar-refractivity contribution in [3.8, 4) is 0 Å². The molecule has 68 valence electrons. The molecule has 1 heterocycles. The topological polar surface area (TPSA) is 69.7 Å². The van der Waals surface area contributed by atoms with E-state index in [2.05, 4.69) is 4.74 Å². The first-order valence-electron chi connectivity index (χ1n) is 2.35. The van der Waals surface area contributed by atoms with Crippen molar-refractivity contribution < 1.29 is 49.7 Å². The second-order valence-electron chi connectivity index (χ2n) is 1.51. The van der Waals surface area contributed by atoms with E-state index in [0.717, 1.165) is 13.2 Å². The van der Waals surface area contributed by atoms with Crippen LogP contribution in [0.25, 0.3) is 0 Å². The number of rotatable bonds is 0. The fourth-order valence-electron chi connectivity index (χ4n) is 0. The summed E-state index contributed by atoms with van der Waals surface area (Å²) in [5.74, 6) is 0. The summed E-state index contributed by atoms with van der Waals surface area (Å²) in [5.41, 5.74) is -5.65. The van der Waals surface area contributed by atoms with E-state index in [1.54, 1.807) is 0 Å². The van der Waals surface area contributed by atoms with Crippen LogP contribution in [0.5, 0.6) is 0 Å². The fourth-order valence-corrected chi connectivity index (χ4v) is 0. The average molecular weight is 200 g/mol. The van der Waals surface area contributed by atoms with Crippen LogP contribution >= 0.6 is 0 Å². The van der Waals surface area contributed by atoms with Gasteiger partial charge in [-0.2, -0.15) is 13.2 Å². The molecule has 0 N–H and O–H groups in total. The van der Waals surface area contributed by atoms with E-state index in [1.165, 1.54) is 0 Å². The minimum Gasteiger partial charge on any atom is -0.741 e. The Hall–Kier alpha value is 0.257. The van der Waals surface area contributed by atoms with E-state index in [9.17, 15) is 13.2 Å². The zero-order chi connectivity index (χ0) is 9.12. The molecule has 0 aromatic heterocycles. The summed E-state index contributed by atoms with van der Waals surface area (Å²) in [6.45, 7) is 2.00. The number of hydrogen-bond acceptors (Lipinski definition) is 4. The van der Waals surface area contributed by atoms with Crippen molar-refractivity contribution in [3.63, 3.8) is 0 Å². The summed E-state index contributed by atoms with van der Waals surface area (Å²) in [7, 11) is -6.09. The van der Waals surface area contributed by atoms with Crippen LogP contribution in [0.4, 0.5) is 13.2 Å². The van der Waals surface area contributed by atoms with E-state index in [0.29, 0.717) is 0 Å². The molecule has 0 spiro atoms. The molecular formula is C3H4F3LiO4S. The first kappa shape index (κ1) is 14.8. The van der Waals surface area contributed by atoms with Gasteiger partial charge in [0.05, 0.1) is 13.2 Å². The molecule has 4 nitrogen and oxygen atoms in total. The Bertz CT molecular complexity index is 205. The largest absolute Gasteiger partial charge is 1.00 e. The van der Waals surface area contributed by atoms with E-state index in [-0.39, 0.29) is 18.9 Å². The van der Waals surface area contributed by atoms with E-state index < -0.39 is 15.6 Å². The summed E-state index contributed by atoms with van der Waals surface area (Å²) >= 11 is 0. The number of epoxide rings is 1. The molecule has 12 heavy (non-hydrogen) atoms. The maximum Gasteiger partial charge on any atom is 1.00 e. The molecule has 0 amide bonds. The van der Waals surface area contributed by atoms with Crippen molar-refractivity contribution in [2.75, 3.05) is 13.2 Å². The molecule has 0 bridgehead atoms. The molecule has 0 saturated carbocycles. The monoisotopic (exact) mass is 200 g/mol. The minimum atomic E-state index is -6.09. The van der Waals surface area contributed by atoms with Gasteiger partial charge in [-0.25, -0.2) is 8.42 Å². The van der Waals surface area contributed by atoms with Gasteiger partial charge in [-0.3, -0.25) is 0 Å². The van der Waals surface area contributed by atoms with Crippen molar-refractivity contribution in [2.24, 2.45) is 0 Å². The van der Waals surface area contributed by atoms with Gasteiger partial charge in [0.1, 0.15) is 0 Å². The van der Waals surface area contributed by atoms with Crippen LogP contribution in [0.3, 0.4) is 0 Å². The quantitative estimate of drug-likeness (QED) is 0.182. The minimum absolute atomic E-state index is 0.